The van der Waals surface area contributed by atoms with Crippen LogP contribution in [-0.2, 0) is 6.54 Å². The first-order valence-electron chi connectivity index (χ1n) is 12.2. The maximum atomic E-state index is 13.2. The topological polar surface area (TPSA) is 71.9 Å². The summed E-state index contributed by atoms with van der Waals surface area (Å²) < 4.78 is 5.36. The molecule has 0 aromatic heterocycles. The Labute approximate surface area is 235 Å². The Hall–Kier alpha value is -4.44. The minimum atomic E-state index is -0.597. The van der Waals surface area contributed by atoms with Gasteiger partial charge in [-0.3, -0.25) is 4.90 Å². The molecule has 3 rings (SSSR count). The molecule has 204 valence electrons. The number of rotatable bonds is 6. The van der Waals surface area contributed by atoms with Gasteiger partial charge < -0.3 is 19.4 Å². The normalized spacial score (nSPS) is 10.9. The summed E-state index contributed by atoms with van der Waals surface area (Å²) in [5, 5.41) is 5.93. The van der Waals surface area contributed by atoms with Crippen LogP contribution in [0.3, 0.4) is 0 Å². The second-order valence-corrected chi connectivity index (χ2v) is 9.48. The van der Waals surface area contributed by atoms with Crippen molar-refractivity contribution in [3.8, 4) is 5.75 Å². The number of amides is 4. The van der Waals surface area contributed by atoms with Crippen LogP contribution in [0, 0.1) is 0 Å². The summed E-state index contributed by atoms with van der Waals surface area (Å²) in [4.78, 5) is 32.6. The predicted molar refractivity (Wildman–Crippen MR) is 159 cm³/mol. The van der Waals surface area contributed by atoms with Crippen LogP contribution >= 0.6 is 12.2 Å². The standard InChI is InChI=1S/C29H34N6O3S/c1-31(2)27(36)35(28(37)32(3)4)30-26(23-15-11-8-12-16-23)34(24-17-19-25(38-6)20-18-24)29(39)33(5)21-22-13-9-7-10-14-22/h7-20H,21H2,1-6H3/b30-26+. The zero-order valence-corrected chi connectivity index (χ0v) is 23.9. The number of imide groups is 1. The number of hydrogen-bond acceptors (Lipinski definition) is 5. The lowest BCUT2D eigenvalue weighted by Gasteiger charge is -2.33. The number of urea groups is 2. The highest BCUT2D eigenvalue weighted by molar-refractivity contribution is 7.80. The number of ether oxygens (including phenoxy) is 1. The van der Waals surface area contributed by atoms with E-state index in [-0.39, 0.29) is 0 Å². The summed E-state index contributed by atoms with van der Waals surface area (Å²) in [5.74, 6) is 0.976. The molecule has 0 heterocycles. The van der Waals surface area contributed by atoms with Crippen LogP contribution < -0.4 is 9.64 Å². The van der Waals surface area contributed by atoms with Crippen molar-refractivity contribution in [2.75, 3.05) is 47.2 Å². The zero-order valence-electron chi connectivity index (χ0n) is 23.1. The molecule has 39 heavy (non-hydrogen) atoms. The Morgan fingerprint density at radius 1 is 0.769 bits per heavy atom. The third-order valence-electron chi connectivity index (χ3n) is 5.68. The van der Waals surface area contributed by atoms with Crippen LogP contribution in [0.1, 0.15) is 11.1 Å². The Bertz CT molecular complexity index is 1280. The van der Waals surface area contributed by atoms with Gasteiger partial charge in [-0.1, -0.05) is 60.7 Å². The number of benzene rings is 3. The molecule has 9 nitrogen and oxygen atoms in total. The van der Waals surface area contributed by atoms with E-state index >= 15 is 0 Å². The van der Waals surface area contributed by atoms with Crippen molar-refractivity contribution in [2.45, 2.75) is 6.54 Å². The van der Waals surface area contributed by atoms with E-state index in [2.05, 4.69) is 5.10 Å². The molecule has 0 aliphatic rings. The highest BCUT2D eigenvalue weighted by Crippen LogP contribution is 2.24. The second kappa shape index (κ2) is 13.4. The fourth-order valence-corrected chi connectivity index (χ4v) is 3.87. The van der Waals surface area contributed by atoms with Crippen molar-refractivity contribution >= 4 is 40.9 Å². The van der Waals surface area contributed by atoms with Crippen LogP contribution in [0.15, 0.2) is 90.0 Å². The first kappa shape index (κ1) is 29.1. The molecule has 3 aromatic rings. The summed E-state index contributed by atoms with van der Waals surface area (Å²) in [6.45, 7) is 0.533. The molecule has 0 radical (unpaired) electrons. The minimum absolute atomic E-state index is 0.302. The van der Waals surface area contributed by atoms with Gasteiger partial charge in [-0.2, -0.15) is 0 Å². The fourth-order valence-electron chi connectivity index (χ4n) is 3.61. The zero-order chi connectivity index (χ0) is 28.5. The molecular formula is C29H34N6O3S. The van der Waals surface area contributed by atoms with E-state index in [0.29, 0.717) is 34.5 Å². The maximum absolute atomic E-state index is 13.2. The summed E-state index contributed by atoms with van der Waals surface area (Å²) in [6.07, 6.45) is 0. The minimum Gasteiger partial charge on any atom is -0.497 e. The molecule has 0 saturated heterocycles. The van der Waals surface area contributed by atoms with E-state index in [1.54, 1.807) is 40.2 Å². The van der Waals surface area contributed by atoms with Crippen molar-refractivity contribution in [3.63, 3.8) is 0 Å². The van der Waals surface area contributed by atoms with E-state index < -0.39 is 12.1 Å². The van der Waals surface area contributed by atoms with Crippen molar-refractivity contribution in [3.05, 3.63) is 96.1 Å². The number of carbonyl (C=O) groups is 2. The molecule has 4 amide bonds. The summed E-state index contributed by atoms with van der Waals surface area (Å²) in [7, 11) is 9.75. The molecule has 0 N–H and O–H groups in total. The van der Waals surface area contributed by atoms with E-state index in [1.165, 1.54) is 9.80 Å². The quantitative estimate of drug-likeness (QED) is 0.189. The number of carbonyl (C=O) groups excluding carboxylic acids is 2. The van der Waals surface area contributed by atoms with Crippen LogP contribution in [0.4, 0.5) is 15.3 Å². The number of nitrogens with zero attached hydrogens (tertiary/aromatic N) is 6. The van der Waals surface area contributed by atoms with Crippen LogP contribution in [0.5, 0.6) is 5.75 Å². The Morgan fingerprint density at radius 2 is 1.28 bits per heavy atom. The molecule has 0 fully saturated rings. The summed E-state index contributed by atoms with van der Waals surface area (Å²) in [5.41, 5.74) is 2.41. The monoisotopic (exact) mass is 546 g/mol. The molecule has 0 bridgehead atoms. The number of hydrogen-bond donors (Lipinski definition) is 0. The second-order valence-electron chi connectivity index (χ2n) is 9.11. The molecular weight excluding hydrogens is 512 g/mol. The lowest BCUT2D eigenvalue weighted by molar-refractivity contribution is 0.155. The van der Waals surface area contributed by atoms with Crippen LogP contribution in [0.2, 0.25) is 0 Å². The van der Waals surface area contributed by atoms with E-state index in [1.807, 2.05) is 96.9 Å². The number of thiocarbonyl (C=S) groups is 1. The summed E-state index contributed by atoms with van der Waals surface area (Å²) >= 11 is 6.03. The SMILES string of the molecule is COc1ccc(N(C(=S)N(C)Cc2ccccc2)/C(=N/N(C(=O)N(C)C)C(=O)N(C)C)c2ccccc2)cc1. The number of amidine groups is 1. The molecule has 0 atom stereocenters. The molecule has 10 heteroatoms. The van der Waals surface area contributed by atoms with Gasteiger partial charge in [0.25, 0.3) is 0 Å². The smallest absolute Gasteiger partial charge is 0.348 e. The van der Waals surface area contributed by atoms with Gasteiger partial charge in [-0.25, -0.2) is 9.59 Å². The maximum Gasteiger partial charge on any atom is 0.348 e. The molecule has 3 aromatic carbocycles. The molecule has 0 aliphatic heterocycles. The van der Waals surface area contributed by atoms with Gasteiger partial charge in [-0.05, 0) is 42.0 Å². The van der Waals surface area contributed by atoms with Crippen LogP contribution in [0.25, 0.3) is 0 Å². The van der Waals surface area contributed by atoms with Gasteiger partial charge >= 0.3 is 12.1 Å². The third kappa shape index (κ3) is 7.32. The van der Waals surface area contributed by atoms with Gasteiger partial charge in [0.05, 0.1) is 12.8 Å². The van der Waals surface area contributed by atoms with Crippen molar-refractivity contribution in [1.29, 1.82) is 0 Å². The lowest BCUT2D eigenvalue weighted by Crippen LogP contribution is -2.49. The van der Waals surface area contributed by atoms with Crippen molar-refractivity contribution < 1.29 is 14.3 Å². The third-order valence-corrected chi connectivity index (χ3v) is 6.17. The van der Waals surface area contributed by atoms with E-state index in [0.717, 1.165) is 10.6 Å². The Morgan fingerprint density at radius 3 is 1.77 bits per heavy atom. The van der Waals surface area contributed by atoms with Crippen LogP contribution in [-0.4, -0.2) is 85.1 Å². The van der Waals surface area contributed by atoms with Crippen molar-refractivity contribution in [1.82, 2.24) is 19.7 Å². The average Bonchev–Trinajstić information content (AvgIpc) is 2.95. The van der Waals surface area contributed by atoms with Crippen molar-refractivity contribution in [2.24, 2.45) is 5.10 Å². The van der Waals surface area contributed by atoms with E-state index in [4.69, 9.17) is 17.0 Å². The Balaban J connectivity index is 2.23. The largest absolute Gasteiger partial charge is 0.497 e. The predicted octanol–water partition coefficient (Wildman–Crippen LogP) is 4.95. The fraction of sp³-hybridized carbons (Fsp3) is 0.241. The van der Waals surface area contributed by atoms with Gasteiger partial charge in [0.1, 0.15) is 5.75 Å². The number of anilines is 1. The van der Waals surface area contributed by atoms with Gasteiger partial charge in [-0.15, -0.1) is 10.1 Å². The summed E-state index contributed by atoms with van der Waals surface area (Å²) in [6, 6.07) is 25.4. The van der Waals surface area contributed by atoms with E-state index in [9.17, 15) is 9.59 Å². The van der Waals surface area contributed by atoms with Gasteiger partial charge in [0.15, 0.2) is 10.9 Å². The average molecular weight is 547 g/mol. The van der Waals surface area contributed by atoms with Gasteiger partial charge in [0, 0.05) is 47.3 Å². The van der Waals surface area contributed by atoms with Gasteiger partial charge in [0.2, 0.25) is 0 Å². The first-order valence-corrected chi connectivity index (χ1v) is 12.6. The highest BCUT2D eigenvalue weighted by atomic mass is 32.1. The first-order chi connectivity index (χ1) is 18.6. The molecule has 0 aliphatic carbocycles. The molecule has 0 saturated carbocycles. The number of methoxy groups -OCH3 is 1. The Kier molecular flexibility index (Phi) is 9.99. The number of hydrazone groups is 1. The molecule has 0 spiro atoms. The highest BCUT2D eigenvalue weighted by Gasteiger charge is 2.30. The lowest BCUT2D eigenvalue weighted by atomic mass is 10.1. The molecule has 0 unspecified atom stereocenters.